The molecule has 4 aliphatic rings. The van der Waals surface area contributed by atoms with Gasteiger partial charge in [0.15, 0.2) is 5.78 Å². The number of carboxylic acid groups (broad SMARTS) is 1. The molecule has 4 fully saturated rings. The summed E-state index contributed by atoms with van der Waals surface area (Å²) in [7, 11) is 0. The fraction of sp³-hybridized carbons (Fsp3) is 0.579. The molecular formula is C19H21O3-. The lowest BCUT2D eigenvalue weighted by atomic mass is 9.44. The van der Waals surface area contributed by atoms with Gasteiger partial charge in [-0.2, -0.15) is 0 Å². The molecular weight excluding hydrogens is 276 g/mol. The third kappa shape index (κ3) is 1.87. The molecule has 0 spiro atoms. The Morgan fingerprint density at radius 1 is 0.909 bits per heavy atom. The topological polar surface area (TPSA) is 57.2 Å². The number of Topliss-reactive ketones (excluding diaryl/α,β-unsaturated/α-hetero) is 1. The highest BCUT2D eigenvalue weighted by molar-refractivity contribution is 6.01. The fourth-order valence-electron chi connectivity index (χ4n) is 5.60. The molecule has 0 aromatic heterocycles. The third-order valence-electron chi connectivity index (χ3n) is 6.71. The van der Waals surface area contributed by atoms with Crippen molar-refractivity contribution < 1.29 is 14.7 Å². The molecule has 116 valence electrons. The molecule has 4 aliphatic carbocycles. The Balaban J connectivity index is 1.65. The van der Waals surface area contributed by atoms with Crippen molar-refractivity contribution in [1.29, 1.82) is 0 Å². The Morgan fingerprint density at radius 2 is 1.36 bits per heavy atom. The first-order chi connectivity index (χ1) is 10.5. The fourth-order valence-corrected chi connectivity index (χ4v) is 5.60. The van der Waals surface area contributed by atoms with Crippen molar-refractivity contribution in [2.45, 2.75) is 39.0 Å². The zero-order valence-corrected chi connectivity index (χ0v) is 12.9. The molecule has 0 aliphatic heterocycles. The van der Waals surface area contributed by atoms with Crippen molar-refractivity contribution >= 4 is 11.8 Å². The summed E-state index contributed by atoms with van der Waals surface area (Å²) in [4.78, 5) is 24.0. The van der Waals surface area contributed by atoms with E-state index in [-0.39, 0.29) is 16.8 Å². The summed E-state index contributed by atoms with van der Waals surface area (Å²) in [5.74, 6) is 1.72. The number of carboxylic acids is 1. The van der Waals surface area contributed by atoms with Crippen LogP contribution >= 0.6 is 0 Å². The lowest BCUT2D eigenvalue weighted by Crippen LogP contribution is -2.55. The van der Waals surface area contributed by atoms with Gasteiger partial charge < -0.3 is 9.90 Å². The number of carbonyl (C=O) groups is 2. The molecule has 5 rings (SSSR count). The third-order valence-corrected chi connectivity index (χ3v) is 6.71. The molecule has 0 atom stereocenters. The largest absolute Gasteiger partial charge is 0.545 e. The van der Waals surface area contributed by atoms with Crippen molar-refractivity contribution in [3.05, 3.63) is 35.4 Å². The molecule has 0 unspecified atom stereocenters. The molecule has 0 heterocycles. The molecule has 0 saturated heterocycles. The number of benzene rings is 1. The van der Waals surface area contributed by atoms with Gasteiger partial charge in [0.2, 0.25) is 0 Å². The molecule has 3 nitrogen and oxygen atoms in total. The van der Waals surface area contributed by atoms with Gasteiger partial charge in [-0.25, -0.2) is 0 Å². The first-order valence-electron chi connectivity index (χ1n) is 8.34. The van der Waals surface area contributed by atoms with Crippen LogP contribution in [-0.2, 0) is 0 Å². The first kappa shape index (κ1) is 14.0. The minimum Gasteiger partial charge on any atom is -0.545 e. The van der Waals surface area contributed by atoms with Crippen molar-refractivity contribution in [3.8, 4) is 0 Å². The van der Waals surface area contributed by atoms with Gasteiger partial charge in [-0.05, 0) is 61.3 Å². The van der Waals surface area contributed by atoms with Crippen molar-refractivity contribution in [3.63, 3.8) is 0 Å². The van der Waals surface area contributed by atoms with Gasteiger partial charge in [0.05, 0.1) is 5.97 Å². The van der Waals surface area contributed by atoms with Crippen LogP contribution in [0.3, 0.4) is 0 Å². The maximum Gasteiger partial charge on any atom is 0.169 e. The van der Waals surface area contributed by atoms with E-state index in [4.69, 9.17) is 0 Å². The summed E-state index contributed by atoms with van der Waals surface area (Å²) in [6, 6.07) is 6.29. The number of ketones is 1. The number of carbonyl (C=O) groups excluding carboxylic acids is 2. The summed E-state index contributed by atoms with van der Waals surface area (Å²) in [5.41, 5.74) is 0.530. The van der Waals surface area contributed by atoms with E-state index < -0.39 is 5.97 Å². The second kappa shape index (κ2) is 4.68. The van der Waals surface area contributed by atoms with Gasteiger partial charge in [-0.15, -0.1) is 0 Å². The van der Waals surface area contributed by atoms with Gasteiger partial charge in [-0.1, -0.05) is 31.2 Å². The summed E-state index contributed by atoms with van der Waals surface area (Å²) in [6.07, 6.45) is 6.18. The standard InChI is InChI=1S/C19H22O3/c1-19(15-7-11-6-12(9-15)10-16(19)8-11)17(20)13-2-4-14(5-3-13)18(21)22/h2-5,11-12,15-16H,6-10H2,1H3,(H,21,22)/p-1. The van der Waals surface area contributed by atoms with Crippen LogP contribution in [0.5, 0.6) is 0 Å². The lowest BCUT2D eigenvalue weighted by Gasteiger charge is -2.59. The first-order valence-corrected chi connectivity index (χ1v) is 8.34. The SMILES string of the molecule is CC1(C(=O)c2ccc(C(=O)[O-])cc2)C2CC3CC(C2)CC1C3. The van der Waals surface area contributed by atoms with Crippen LogP contribution in [-0.4, -0.2) is 11.8 Å². The van der Waals surface area contributed by atoms with Crippen LogP contribution in [0.2, 0.25) is 0 Å². The summed E-state index contributed by atoms with van der Waals surface area (Å²) >= 11 is 0. The van der Waals surface area contributed by atoms with Crippen molar-refractivity contribution in [1.82, 2.24) is 0 Å². The molecule has 22 heavy (non-hydrogen) atoms. The number of hydrogen-bond acceptors (Lipinski definition) is 3. The molecule has 4 saturated carbocycles. The molecule has 3 heteroatoms. The van der Waals surface area contributed by atoms with E-state index in [2.05, 4.69) is 6.92 Å². The second-order valence-electron chi connectivity index (χ2n) is 7.78. The predicted octanol–water partition coefficient (Wildman–Crippen LogP) is 2.70. The van der Waals surface area contributed by atoms with E-state index in [9.17, 15) is 14.7 Å². The zero-order chi connectivity index (χ0) is 15.5. The van der Waals surface area contributed by atoms with E-state index in [1.54, 1.807) is 12.1 Å². The van der Waals surface area contributed by atoms with Gasteiger partial charge >= 0.3 is 0 Å². The molecule has 0 N–H and O–H groups in total. The lowest BCUT2D eigenvalue weighted by molar-refractivity contribution is -0.255. The minimum absolute atomic E-state index is 0.131. The number of rotatable bonds is 3. The predicted molar refractivity (Wildman–Crippen MR) is 80.3 cm³/mol. The monoisotopic (exact) mass is 297 g/mol. The van der Waals surface area contributed by atoms with E-state index in [0.29, 0.717) is 17.4 Å². The Labute approximate surface area is 130 Å². The maximum absolute atomic E-state index is 13.2. The molecule has 0 radical (unpaired) electrons. The number of hydrogen-bond donors (Lipinski definition) is 0. The molecule has 1 aromatic rings. The molecule has 0 amide bonds. The van der Waals surface area contributed by atoms with Crippen LogP contribution < -0.4 is 5.11 Å². The molecule has 4 bridgehead atoms. The second-order valence-corrected chi connectivity index (χ2v) is 7.78. The zero-order valence-electron chi connectivity index (χ0n) is 12.9. The Bertz CT molecular complexity index is 601. The summed E-state index contributed by atoms with van der Waals surface area (Å²) in [6.45, 7) is 2.16. The quantitative estimate of drug-likeness (QED) is 0.806. The highest BCUT2D eigenvalue weighted by atomic mass is 16.4. The van der Waals surface area contributed by atoms with E-state index in [1.165, 1.54) is 44.2 Å². The van der Waals surface area contributed by atoms with Crippen LogP contribution in [0.4, 0.5) is 0 Å². The van der Waals surface area contributed by atoms with Gasteiger partial charge in [0.1, 0.15) is 0 Å². The Morgan fingerprint density at radius 3 is 1.82 bits per heavy atom. The van der Waals surface area contributed by atoms with Crippen molar-refractivity contribution in [2.75, 3.05) is 0 Å². The molecule has 1 aromatic carbocycles. The highest BCUT2D eigenvalue weighted by Gasteiger charge is 2.57. The van der Waals surface area contributed by atoms with Crippen molar-refractivity contribution in [2.24, 2.45) is 29.1 Å². The normalized spacial score (nSPS) is 39.0. The van der Waals surface area contributed by atoms with Gasteiger partial charge in [0.25, 0.3) is 0 Å². The summed E-state index contributed by atoms with van der Waals surface area (Å²) in [5, 5.41) is 10.9. The summed E-state index contributed by atoms with van der Waals surface area (Å²) < 4.78 is 0. The number of aromatic carboxylic acids is 1. The maximum atomic E-state index is 13.2. The minimum atomic E-state index is -1.19. The van der Waals surface area contributed by atoms with E-state index in [0.717, 1.165) is 11.8 Å². The smallest absolute Gasteiger partial charge is 0.169 e. The van der Waals surface area contributed by atoms with Gasteiger partial charge in [0, 0.05) is 11.0 Å². The van der Waals surface area contributed by atoms with E-state index >= 15 is 0 Å². The van der Waals surface area contributed by atoms with Crippen LogP contribution in [0.1, 0.15) is 59.7 Å². The Kier molecular flexibility index (Phi) is 2.97. The average molecular weight is 297 g/mol. The van der Waals surface area contributed by atoms with Crippen LogP contribution in [0, 0.1) is 29.1 Å². The highest BCUT2D eigenvalue weighted by Crippen LogP contribution is 2.62. The van der Waals surface area contributed by atoms with E-state index in [1.807, 2.05) is 0 Å². The Hall–Kier alpha value is -1.64. The van der Waals surface area contributed by atoms with Crippen LogP contribution in [0.25, 0.3) is 0 Å². The average Bonchev–Trinajstić information content (AvgIpc) is 2.51. The van der Waals surface area contributed by atoms with Crippen LogP contribution in [0.15, 0.2) is 24.3 Å². The van der Waals surface area contributed by atoms with Gasteiger partial charge in [-0.3, -0.25) is 4.79 Å².